The lowest BCUT2D eigenvalue weighted by Crippen LogP contribution is -2.50. The van der Waals surface area contributed by atoms with Gasteiger partial charge in [-0.1, -0.05) is 69.3 Å². The van der Waals surface area contributed by atoms with Crippen molar-refractivity contribution < 1.29 is 50.3 Å². The van der Waals surface area contributed by atoms with Crippen LogP contribution < -0.4 is 21.7 Å². The van der Waals surface area contributed by atoms with Gasteiger partial charge in [-0.3, -0.25) is 24.1 Å². The van der Waals surface area contributed by atoms with E-state index in [2.05, 4.69) is 23.2 Å². The number of benzene rings is 2. The number of nitrogens with two attached hydrogens (primary N) is 2. The number of primary amides is 1. The highest BCUT2D eigenvalue weighted by atomic mass is 19.4. The van der Waals surface area contributed by atoms with Crippen LogP contribution in [0.3, 0.4) is 0 Å². The standard InChI is InChI=1S/C28H32F3N5O5.C3H5F3.C2H2/c1-16(2)22(33)27(40)41-15-36-20-11-7-6-10-19(20)23(17-8-4-3-5-9-17)34-24(26(36)39)35-25(38)18(14-21(32)37)12-13-28(29,30)31;1-2-3(4,5)6;1-2/h3-11,16,18,22,24H,12-15,33H2,1-2H3,(H2,32,37)(H,35,38);2H2,1H3;1-2H/t18-,22?,24-;;/m1../s1. The molecular formula is C33H39F6N5O5. The number of nitrogens with one attached hydrogen (secondary N) is 1. The summed E-state index contributed by atoms with van der Waals surface area (Å²) in [6.07, 6.45) is -5.61. The number of benzodiazepines with no additional fused rings is 1. The van der Waals surface area contributed by atoms with Crippen molar-refractivity contribution in [3.63, 3.8) is 0 Å². The zero-order valence-electron chi connectivity index (χ0n) is 27.1. The molecule has 1 heterocycles. The first-order valence-electron chi connectivity index (χ1n) is 14.9. The van der Waals surface area contributed by atoms with Gasteiger partial charge in [0.15, 0.2) is 6.73 Å². The van der Waals surface area contributed by atoms with Gasteiger partial charge < -0.3 is 21.5 Å². The Kier molecular flexibility index (Phi) is 16.5. The van der Waals surface area contributed by atoms with Gasteiger partial charge >= 0.3 is 18.3 Å². The summed E-state index contributed by atoms with van der Waals surface area (Å²) >= 11 is 0. The molecule has 3 atom stereocenters. The number of alkyl halides is 6. The predicted octanol–water partition coefficient (Wildman–Crippen LogP) is 4.84. The highest BCUT2D eigenvalue weighted by Crippen LogP contribution is 2.29. The van der Waals surface area contributed by atoms with Crippen LogP contribution in [0.4, 0.5) is 32.0 Å². The molecule has 2 aromatic carbocycles. The molecular weight excluding hydrogens is 660 g/mol. The van der Waals surface area contributed by atoms with Crippen LogP contribution in [0.5, 0.6) is 0 Å². The third-order valence-corrected chi connectivity index (χ3v) is 6.86. The number of para-hydroxylation sites is 1. The van der Waals surface area contributed by atoms with Crippen molar-refractivity contribution in [2.75, 3.05) is 11.6 Å². The molecule has 0 saturated heterocycles. The Bertz CT molecular complexity index is 1460. The normalized spacial score (nSPS) is 15.5. The van der Waals surface area contributed by atoms with Crippen molar-refractivity contribution in [2.24, 2.45) is 28.3 Å². The van der Waals surface area contributed by atoms with Gasteiger partial charge in [0.1, 0.15) is 6.04 Å². The molecule has 0 spiro atoms. The monoisotopic (exact) mass is 699 g/mol. The molecule has 268 valence electrons. The van der Waals surface area contributed by atoms with E-state index >= 15 is 0 Å². The van der Waals surface area contributed by atoms with E-state index in [1.807, 2.05) is 0 Å². The molecule has 1 aliphatic rings. The fourth-order valence-electron chi connectivity index (χ4n) is 4.14. The number of terminal acetylenes is 1. The average Bonchev–Trinajstić information content (AvgIpc) is 3.16. The summed E-state index contributed by atoms with van der Waals surface area (Å²) in [6.45, 7) is 3.97. The average molecular weight is 700 g/mol. The Balaban J connectivity index is 0.00000135. The van der Waals surface area contributed by atoms with Crippen LogP contribution >= 0.6 is 0 Å². The summed E-state index contributed by atoms with van der Waals surface area (Å²) in [6, 6.07) is 14.4. The SMILES string of the molecule is C#C.CC(C)C(N)C(=O)OCN1C(=O)[C@@H](NC(=O)[C@H](CCC(F)(F)F)CC(N)=O)N=C(c2ccccc2)c2ccccc21.CCC(F)(F)F. The summed E-state index contributed by atoms with van der Waals surface area (Å²) in [5, 5.41) is 2.39. The van der Waals surface area contributed by atoms with Gasteiger partial charge in [0.25, 0.3) is 5.91 Å². The number of rotatable bonds is 11. The Morgan fingerprint density at radius 2 is 1.53 bits per heavy atom. The fraction of sp³-hybridized carbons (Fsp3) is 0.424. The number of anilines is 1. The Morgan fingerprint density at radius 1 is 0.980 bits per heavy atom. The molecule has 1 unspecified atom stereocenters. The van der Waals surface area contributed by atoms with Crippen LogP contribution in [0, 0.1) is 24.7 Å². The van der Waals surface area contributed by atoms with Crippen molar-refractivity contribution in [3.8, 4) is 12.8 Å². The highest BCUT2D eigenvalue weighted by molar-refractivity contribution is 6.20. The van der Waals surface area contributed by atoms with Gasteiger partial charge in [-0.05, 0) is 18.4 Å². The molecule has 0 radical (unpaired) electrons. The van der Waals surface area contributed by atoms with E-state index in [0.717, 1.165) is 11.8 Å². The molecule has 1 aliphatic heterocycles. The molecule has 0 bridgehead atoms. The molecule has 5 N–H and O–H groups in total. The number of carbonyl (C=O) groups is 4. The summed E-state index contributed by atoms with van der Waals surface area (Å²) in [7, 11) is 0. The van der Waals surface area contributed by atoms with E-state index in [1.165, 1.54) is 0 Å². The van der Waals surface area contributed by atoms with Crippen LogP contribution in [-0.4, -0.2) is 60.7 Å². The first kappa shape index (κ1) is 42.1. The molecule has 0 aromatic heterocycles. The molecule has 3 amide bonds. The second kappa shape index (κ2) is 19.2. The maximum atomic E-state index is 13.8. The number of halogens is 6. The van der Waals surface area contributed by atoms with Crippen molar-refractivity contribution >= 4 is 35.1 Å². The Morgan fingerprint density at radius 3 is 2.04 bits per heavy atom. The number of aliphatic imine (C=N–C) groups is 1. The number of amides is 3. The molecule has 0 aliphatic carbocycles. The third-order valence-electron chi connectivity index (χ3n) is 6.86. The van der Waals surface area contributed by atoms with Gasteiger partial charge in [0.2, 0.25) is 18.0 Å². The van der Waals surface area contributed by atoms with Crippen LogP contribution in [-0.2, 0) is 23.9 Å². The van der Waals surface area contributed by atoms with Gasteiger partial charge in [-0.15, -0.1) is 12.8 Å². The highest BCUT2D eigenvalue weighted by Gasteiger charge is 2.37. The second-order valence-electron chi connectivity index (χ2n) is 10.9. The van der Waals surface area contributed by atoms with E-state index in [0.29, 0.717) is 22.5 Å². The first-order chi connectivity index (χ1) is 22.8. The Labute approximate surface area is 280 Å². The van der Waals surface area contributed by atoms with Crippen molar-refractivity contribution in [3.05, 3.63) is 65.7 Å². The quantitative estimate of drug-likeness (QED) is 0.173. The van der Waals surface area contributed by atoms with Crippen molar-refractivity contribution in [1.29, 1.82) is 0 Å². The summed E-state index contributed by atoms with van der Waals surface area (Å²) < 4.78 is 76.4. The molecule has 3 rings (SSSR count). The van der Waals surface area contributed by atoms with Crippen LogP contribution in [0.15, 0.2) is 59.6 Å². The molecule has 49 heavy (non-hydrogen) atoms. The number of esters is 1. The number of ether oxygens (including phenoxy) is 1. The zero-order chi connectivity index (χ0) is 37.5. The molecule has 10 nitrogen and oxygen atoms in total. The minimum Gasteiger partial charge on any atom is -0.443 e. The van der Waals surface area contributed by atoms with E-state index < -0.39 is 86.6 Å². The predicted molar refractivity (Wildman–Crippen MR) is 171 cm³/mol. The summed E-state index contributed by atoms with van der Waals surface area (Å²) in [4.78, 5) is 56.6. The number of carbonyl (C=O) groups excluding carboxylic acids is 4. The number of nitrogens with zero attached hydrogens (tertiary/aromatic N) is 2. The van der Waals surface area contributed by atoms with E-state index in [1.54, 1.807) is 68.4 Å². The van der Waals surface area contributed by atoms with Crippen molar-refractivity contribution in [1.82, 2.24) is 5.32 Å². The summed E-state index contributed by atoms with van der Waals surface area (Å²) in [5.74, 6) is -5.26. The van der Waals surface area contributed by atoms with Crippen LogP contribution in [0.2, 0.25) is 0 Å². The van der Waals surface area contributed by atoms with E-state index in [4.69, 9.17) is 16.2 Å². The zero-order valence-corrected chi connectivity index (χ0v) is 27.1. The molecule has 16 heteroatoms. The molecule has 0 fully saturated rings. The van der Waals surface area contributed by atoms with Gasteiger partial charge in [0, 0.05) is 36.3 Å². The number of hydrogen-bond donors (Lipinski definition) is 3. The van der Waals surface area contributed by atoms with E-state index in [9.17, 15) is 45.5 Å². The lowest BCUT2D eigenvalue weighted by atomic mass is 9.97. The van der Waals surface area contributed by atoms with Crippen molar-refractivity contribution in [2.45, 2.75) is 71.0 Å². The fourth-order valence-corrected chi connectivity index (χ4v) is 4.14. The minimum absolute atomic E-state index is 0.242. The van der Waals surface area contributed by atoms with Gasteiger partial charge in [0.05, 0.1) is 11.4 Å². The lowest BCUT2D eigenvalue weighted by molar-refractivity contribution is -0.147. The van der Waals surface area contributed by atoms with Gasteiger partial charge in [-0.2, -0.15) is 26.3 Å². The summed E-state index contributed by atoms with van der Waals surface area (Å²) in [5.41, 5.74) is 12.7. The van der Waals surface area contributed by atoms with Gasteiger partial charge in [-0.25, -0.2) is 4.99 Å². The largest absolute Gasteiger partial charge is 0.443 e. The smallest absolute Gasteiger partial charge is 0.389 e. The maximum absolute atomic E-state index is 13.8. The topological polar surface area (TPSA) is 157 Å². The molecule has 2 aromatic rings. The lowest BCUT2D eigenvalue weighted by Gasteiger charge is -2.26. The number of fused-ring (bicyclic) bond motifs is 1. The Hall–Kier alpha value is -4.91. The van der Waals surface area contributed by atoms with Crippen LogP contribution in [0.1, 0.15) is 57.6 Å². The third kappa shape index (κ3) is 14.0. The second-order valence-corrected chi connectivity index (χ2v) is 10.9. The van der Waals surface area contributed by atoms with Crippen LogP contribution in [0.25, 0.3) is 0 Å². The molecule has 0 saturated carbocycles. The maximum Gasteiger partial charge on any atom is 0.389 e. The number of hydrogen-bond acceptors (Lipinski definition) is 7. The van der Waals surface area contributed by atoms with E-state index in [-0.39, 0.29) is 5.92 Å². The first-order valence-corrected chi connectivity index (χ1v) is 14.9. The minimum atomic E-state index is -4.58.